The summed E-state index contributed by atoms with van der Waals surface area (Å²) in [5.74, 6) is -1.09. The predicted octanol–water partition coefficient (Wildman–Crippen LogP) is 2.56. The number of benzene rings is 1. The molecule has 1 aromatic carbocycles. The minimum atomic E-state index is -0.980. The number of nitrogens with two attached hydrogens (primary N) is 1. The first-order chi connectivity index (χ1) is 12.1. The Hall–Kier alpha value is -3.03. The van der Waals surface area contributed by atoms with Crippen LogP contribution in [0.1, 0.15) is 38.2 Å². The molecule has 1 aliphatic heterocycles. The van der Waals surface area contributed by atoms with Gasteiger partial charge in [0.25, 0.3) is 5.88 Å². The number of carbonyl (C=O) groups excluding carboxylic acids is 1. The van der Waals surface area contributed by atoms with Gasteiger partial charge in [-0.15, -0.1) is 0 Å². The molecule has 1 aromatic rings. The molecule has 0 saturated heterocycles. The molecule has 8 heteroatoms. The number of nitrogens with zero attached hydrogens (tertiary/aromatic N) is 1. The Bertz CT molecular complexity index is 868. The van der Waals surface area contributed by atoms with Gasteiger partial charge in [-0.3, -0.25) is 14.9 Å². The zero-order valence-electron chi connectivity index (χ0n) is 14.7. The van der Waals surface area contributed by atoms with Crippen molar-refractivity contribution in [3.8, 4) is 11.5 Å². The van der Waals surface area contributed by atoms with Gasteiger partial charge >= 0.3 is 5.70 Å². The molecule has 2 aliphatic rings. The maximum absolute atomic E-state index is 12.8. The van der Waals surface area contributed by atoms with Crippen molar-refractivity contribution in [2.75, 3.05) is 7.11 Å². The summed E-state index contributed by atoms with van der Waals surface area (Å²) in [6, 6.07) is 4.36. The lowest BCUT2D eigenvalue weighted by molar-refractivity contribution is -0.433. The summed E-state index contributed by atoms with van der Waals surface area (Å²) in [4.78, 5) is 23.8. The van der Waals surface area contributed by atoms with Gasteiger partial charge in [-0.25, -0.2) is 0 Å². The van der Waals surface area contributed by atoms with Crippen LogP contribution in [0.15, 0.2) is 41.1 Å². The third-order valence-electron chi connectivity index (χ3n) is 4.66. The Morgan fingerprint density at radius 3 is 2.69 bits per heavy atom. The lowest BCUT2D eigenvalue weighted by atomic mass is 9.71. The number of ketones is 1. The SMILES string of the molecule is COc1cc([C@H]2C3=C(CC(C)(C)CC3=O)OC(N)=C2[N+](=O)[O-])ccc1O. The van der Waals surface area contributed by atoms with Crippen molar-refractivity contribution in [3.05, 3.63) is 56.8 Å². The van der Waals surface area contributed by atoms with Crippen LogP contribution in [0.5, 0.6) is 11.5 Å². The van der Waals surface area contributed by atoms with Crippen molar-refractivity contribution in [1.29, 1.82) is 0 Å². The van der Waals surface area contributed by atoms with E-state index in [2.05, 4.69) is 0 Å². The van der Waals surface area contributed by atoms with Crippen LogP contribution in [-0.2, 0) is 9.53 Å². The van der Waals surface area contributed by atoms with E-state index in [1.807, 2.05) is 13.8 Å². The van der Waals surface area contributed by atoms with Crippen molar-refractivity contribution in [1.82, 2.24) is 0 Å². The molecule has 1 aliphatic carbocycles. The fourth-order valence-corrected chi connectivity index (χ4v) is 3.55. The fourth-order valence-electron chi connectivity index (χ4n) is 3.55. The van der Waals surface area contributed by atoms with Crippen molar-refractivity contribution >= 4 is 5.78 Å². The van der Waals surface area contributed by atoms with Crippen molar-refractivity contribution in [2.45, 2.75) is 32.6 Å². The van der Waals surface area contributed by atoms with Crippen LogP contribution in [0.25, 0.3) is 0 Å². The van der Waals surface area contributed by atoms with Gasteiger partial charge in [-0.1, -0.05) is 19.9 Å². The highest BCUT2D eigenvalue weighted by Gasteiger charge is 2.47. The Labute approximate surface area is 150 Å². The van der Waals surface area contributed by atoms with E-state index < -0.39 is 10.8 Å². The van der Waals surface area contributed by atoms with Crippen molar-refractivity contribution in [2.24, 2.45) is 11.1 Å². The molecule has 1 atom stereocenters. The van der Waals surface area contributed by atoms with Crippen LogP contribution in [0.2, 0.25) is 0 Å². The van der Waals surface area contributed by atoms with Gasteiger partial charge in [-0.2, -0.15) is 0 Å². The number of allylic oxidation sites excluding steroid dienone is 2. The van der Waals surface area contributed by atoms with Crippen LogP contribution in [-0.4, -0.2) is 22.9 Å². The zero-order valence-corrected chi connectivity index (χ0v) is 14.7. The maximum atomic E-state index is 12.8. The maximum Gasteiger partial charge on any atom is 0.317 e. The van der Waals surface area contributed by atoms with Crippen molar-refractivity contribution < 1.29 is 24.3 Å². The molecule has 0 unspecified atom stereocenters. The average molecular weight is 360 g/mol. The molecule has 0 saturated carbocycles. The molecular weight excluding hydrogens is 340 g/mol. The number of Topliss-reactive ketones (excluding diaryl/α,β-unsaturated/α-hetero) is 1. The number of ether oxygens (including phenoxy) is 2. The second-order valence-corrected chi connectivity index (χ2v) is 7.25. The minimum absolute atomic E-state index is 0.103. The molecule has 26 heavy (non-hydrogen) atoms. The molecule has 0 amide bonds. The number of phenols is 1. The molecule has 0 spiro atoms. The summed E-state index contributed by atoms with van der Waals surface area (Å²) in [7, 11) is 1.38. The second kappa shape index (κ2) is 6.05. The van der Waals surface area contributed by atoms with E-state index in [1.165, 1.54) is 25.3 Å². The van der Waals surface area contributed by atoms with Gasteiger partial charge in [0.1, 0.15) is 11.7 Å². The monoisotopic (exact) mass is 360 g/mol. The van der Waals surface area contributed by atoms with E-state index in [4.69, 9.17) is 15.2 Å². The van der Waals surface area contributed by atoms with Crippen LogP contribution < -0.4 is 10.5 Å². The van der Waals surface area contributed by atoms with Gasteiger partial charge < -0.3 is 20.3 Å². The molecule has 0 aromatic heterocycles. The van der Waals surface area contributed by atoms with Crippen LogP contribution in [0.4, 0.5) is 0 Å². The average Bonchev–Trinajstić information content (AvgIpc) is 2.52. The lowest BCUT2D eigenvalue weighted by Crippen LogP contribution is -2.35. The number of rotatable bonds is 3. The minimum Gasteiger partial charge on any atom is -0.504 e. The van der Waals surface area contributed by atoms with E-state index in [9.17, 15) is 20.0 Å². The van der Waals surface area contributed by atoms with E-state index in [0.717, 1.165) is 0 Å². The summed E-state index contributed by atoms with van der Waals surface area (Å²) in [6.45, 7) is 3.86. The third kappa shape index (κ3) is 2.87. The zero-order chi connectivity index (χ0) is 19.2. The number of nitro groups is 1. The second-order valence-electron chi connectivity index (χ2n) is 7.25. The van der Waals surface area contributed by atoms with E-state index in [1.54, 1.807) is 0 Å². The van der Waals surface area contributed by atoms with Gasteiger partial charge in [0.15, 0.2) is 17.3 Å². The highest BCUT2D eigenvalue weighted by Crippen LogP contribution is 2.48. The van der Waals surface area contributed by atoms with E-state index in [-0.39, 0.29) is 46.3 Å². The number of aromatic hydroxyl groups is 1. The summed E-state index contributed by atoms with van der Waals surface area (Å²) >= 11 is 0. The van der Waals surface area contributed by atoms with Gasteiger partial charge in [-0.05, 0) is 23.1 Å². The van der Waals surface area contributed by atoms with Gasteiger partial charge in [0, 0.05) is 12.8 Å². The van der Waals surface area contributed by atoms with Crippen LogP contribution >= 0.6 is 0 Å². The summed E-state index contributed by atoms with van der Waals surface area (Å²) in [6.07, 6.45) is 0.706. The predicted molar refractivity (Wildman–Crippen MR) is 91.7 cm³/mol. The molecule has 8 nitrogen and oxygen atoms in total. The highest BCUT2D eigenvalue weighted by molar-refractivity contribution is 5.99. The molecule has 138 valence electrons. The first-order valence-electron chi connectivity index (χ1n) is 8.09. The van der Waals surface area contributed by atoms with E-state index >= 15 is 0 Å². The number of hydrogen-bond acceptors (Lipinski definition) is 7. The Kier molecular flexibility index (Phi) is 4.14. The standard InChI is InChI=1S/C18H20N2O6/c1-18(2)7-11(22)15-13(8-18)26-17(19)16(20(23)24)14(15)9-4-5-10(21)12(6-9)25-3/h4-6,14,21H,7-8,19H2,1-3H3/t14-/m0/s1. The fraction of sp³-hybridized carbons (Fsp3) is 0.389. The number of methoxy groups -OCH3 is 1. The van der Waals surface area contributed by atoms with Crippen molar-refractivity contribution in [3.63, 3.8) is 0 Å². The summed E-state index contributed by atoms with van der Waals surface area (Å²) < 4.78 is 10.6. The van der Waals surface area contributed by atoms with Gasteiger partial charge in [0.05, 0.1) is 17.6 Å². The first-order valence-corrected chi connectivity index (χ1v) is 8.09. The Morgan fingerprint density at radius 2 is 2.08 bits per heavy atom. The number of carbonyl (C=O) groups is 1. The number of phenolic OH excluding ortho intramolecular Hbond substituents is 1. The largest absolute Gasteiger partial charge is 0.504 e. The van der Waals surface area contributed by atoms with Gasteiger partial charge in [0.2, 0.25) is 0 Å². The van der Waals surface area contributed by atoms with Crippen LogP contribution in [0, 0.1) is 15.5 Å². The molecule has 0 radical (unpaired) electrons. The first kappa shape index (κ1) is 17.8. The molecule has 3 rings (SSSR count). The molecule has 0 fully saturated rings. The normalized spacial score (nSPS) is 22.0. The molecule has 3 N–H and O–H groups in total. The topological polar surface area (TPSA) is 125 Å². The lowest BCUT2D eigenvalue weighted by Gasteiger charge is -2.36. The summed E-state index contributed by atoms with van der Waals surface area (Å²) in [5.41, 5.74) is 5.81. The number of hydrogen-bond donors (Lipinski definition) is 2. The van der Waals surface area contributed by atoms with E-state index in [0.29, 0.717) is 17.7 Å². The van der Waals surface area contributed by atoms with Crippen LogP contribution in [0.3, 0.4) is 0 Å². The smallest absolute Gasteiger partial charge is 0.317 e. The highest BCUT2D eigenvalue weighted by atomic mass is 16.6. The molecular formula is C18H20N2O6. The summed E-state index contributed by atoms with van der Waals surface area (Å²) in [5, 5.41) is 21.5. The molecule has 1 heterocycles. The Morgan fingerprint density at radius 1 is 1.38 bits per heavy atom. The Balaban J connectivity index is 2.22. The molecule has 0 bridgehead atoms. The third-order valence-corrected chi connectivity index (χ3v) is 4.66. The quantitative estimate of drug-likeness (QED) is 0.627.